The van der Waals surface area contributed by atoms with Gasteiger partial charge in [0.25, 0.3) is 0 Å². The van der Waals surface area contributed by atoms with Gasteiger partial charge in [0, 0.05) is 25.2 Å². The zero-order valence-corrected chi connectivity index (χ0v) is 15.1. The normalized spacial score (nSPS) is 17.6. The Labute approximate surface area is 149 Å². The van der Waals surface area contributed by atoms with E-state index in [4.69, 9.17) is 4.84 Å². The summed E-state index contributed by atoms with van der Waals surface area (Å²) in [6.45, 7) is 1.40. The van der Waals surface area contributed by atoms with Crippen molar-refractivity contribution in [2.24, 2.45) is 0 Å². The average molecular weight is 339 g/mol. The van der Waals surface area contributed by atoms with Gasteiger partial charge in [-0.2, -0.15) is 5.06 Å². The fraction of sp³-hybridized carbons (Fsp3) is 0.350. The molecule has 5 heteroatoms. The third-order valence-corrected chi connectivity index (χ3v) is 4.55. The second-order valence-electron chi connectivity index (χ2n) is 6.51. The summed E-state index contributed by atoms with van der Waals surface area (Å²) >= 11 is 0. The molecular formula is C20H25N3O2. The minimum absolute atomic E-state index is 0.122. The van der Waals surface area contributed by atoms with Crippen LogP contribution in [-0.4, -0.2) is 50.3 Å². The van der Waals surface area contributed by atoms with Crippen LogP contribution in [0.1, 0.15) is 17.2 Å². The number of rotatable bonds is 5. The van der Waals surface area contributed by atoms with E-state index in [0.717, 1.165) is 29.8 Å². The molecule has 1 atom stereocenters. The molecule has 0 spiro atoms. The van der Waals surface area contributed by atoms with E-state index in [0.29, 0.717) is 6.54 Å². The number of amides is 2. The summed E-state index contributed by atoms with van der Waals surface area (Å²) in [5.41, 5.74) is 3.19. The molecule has 0 bridgehead atoms. The first-order valence-electron chi connectivity index (χ1n) is 8.54. The van der Waals surface area contributed by atoms with Gasteiger partial charge in [-0.1, -0.05) is 48.5 Å². The highest BCUT2D eigenvalue weighted by Crippen LogP contribution is 2.35. The zero-order chi connectivity index (χ0) is 17.8. The molecule has 1 heterocycles. The Bertz CT molecular complexity index is 718. The van der Waals surface area contributed by atoms with Crippen molar-refractivity contribution in [1.29, 1.82) is 0 Å². The number of urea groups is 1. The van der Waals surface area contributed by atoms with E-state index < -0.39 is 0 Å². The predicted molar refractivity (Wildman–Crippen MR) is 99.5 cm³/mol. The molecule has 1 aliphatic rings. The van der Waals surface area contributed by atoms with Gasteiger partial charge in [-0.15, -0.1) is 0 Å². The SMILES string of the molecule is CON1C(=O)N(CCN(C)C)c2ccccc2CC1c1ccccc1. The van der Waals surface area contributed by atoms with Gasteiger partial charge in [0.15, 0.2) is 0 Å². The van der Waals surface area contributed by atoms with Crippen LogP contribution in [0, 0.1) is 0 Å². The first-order valence-corrected chi connectivity index (χ1v) is 8.54. The van der Waals surface area contributed by atoms with Gasteiger partial charge in [-0.25, -0.2) is 4.79 Å². The summed E-state index contributed by atoms with van der Waals surface area (Å²) in [7, 11) is 5.58. The van der Waals surface area contributed by atoms with Crippen molar-refractivity contribution in [3.05, 3.63) is 65.7 Å². The van der Waals surface area contributed by atoms with E-state index in [9.17, 15) is 4.79 Å². The highest BCUT2D eigenvalue weighted by molar-refractivity contribution is 5.93. The zero-order valence-electron chi connectivity index (χ0n) is 15.1. The van der Waals surface area contributed by atoms with Crippen LogP contribution in [0.15, 0.2) is 54.6 Å². The summed E-state index contributed by atoms with van der Waals surface area (Å²) < 4.78 is 0. The molecule has 25 heavy (non-hydrogen) atoms. The fourth-order valence-corrected chi connectivity index (χ4v) is 3.24. The fourth-order valence-electron chi connectivity index (χ4n) is 3.24. The lowest BCUT2D eigenvalue weighted by Crippen LogP contribution is -2.45. The van der Waals surface area contributed by atoms with Gasteiger partial charge < -0.3 is 4.90 Å². The molecule has 132 valence electrons. The van der Waals surface area contributed by atoms with E-state index in [-0.39, 0.29) is 12.1 Å². The van der Waals surface area contributed by atoms with E-state index in [1.165, 1.54) is 5.06 Å². The lowest BCUT2D eigenvalue weighted by Gasteiger charge is -2.31. The lowest BCUT2D eigenvalue weighted by molar-refractivity contribution is -0.115. The maximum absolute atomic E-state index is 13.2. The molecular weight excluding hydrogens is 314 g/mol. The maximum Gasteiger partial charge on any atom is 0.349 e. The quantitative estimate of drug-likeness (QED) is 0.838. The van der Waals surface area contributed by atoms with E-state index >= 15 is 0 Å². The minimum Gasteiger partial charge on any atom is -0.308 e. The molecule has 0 N–H and O–H groups in total. The Hall–Kier alpha value is -2.37. The molecule has 0 radical (unpaired) electrons. The highest BCUT2D eigenvalue weighted by atomic mass is 16.7. The van der Waals surface area contributed by atoms with Crippen LogP contribution >= 0.6 is 0 Å². The van der Waals surface area contributed by atoms with Crippen LogP contribution in [0.3, 0.4) is 0 Å². The Kier molecular flexibility index (Phi) is 5.36. The number of carbonyl (C=O) groups is 1. The molecule has 2 amide bonds. The molecule has 2 aromatic rings. The largest absolute Gasteiger partial charge is 0.349 e. The summed E-state index contributed by atoms with van der Waals surface area (Å²) in [6, 6.07) is 17.9. The van der Waals surface area contributed by atoms with Crippen LogP contribution in [0.2, 0.25) is 0 Å². The van der Waals surface area contributed by atoms with E-state index in [1.54, 1.807) is 7.11 Å². The van der Waals surface area contributed by atoms with Crippen LogP contribution in [0.25, 0.3) is 0 Å². The van der Waals surface area contributed by atoms with Crippen LogP contribution in [0.5, 0.6) is 0 Å². The molecule has 0 aliphatic carbocycles. The number of hydroxylamine groups is 2. The van der Waals surface area contributed by atoms with Crippen molar-refractivity contribution in [2.75, 3.05) is 39.2 Å². The molecule has 5 nitrogen and oxygen atoms in total. The monoisotopic (exact) mass is 339 g/mol. The topological polar surface area (TPSA) is 36.0 Å². The number of para-hydroxylation sites is 1. The van der Waals surface area contributed by atoms with Crippen LogP contribution < -0.4 is 4.90 Å². The molecule has 1 unspecified atom stereocenters. The van der Waals surface area contributed by atoms with Crippen molar-refractivity contribution < 1.29 is 9.63 Å². The van der Waals surface area contributed by atoms with Crippen molar-refractivity contribution in [3.63, 3.8) is 0 Å². The second-order valence-corrected chi connectivity index (χ2v) is 6.51. The summed E-state index contributed by atoms with van der Waals surface area (Å²) in [5, 5.41) is 1.50. The van der Waals surface area contributed by atoms with Gasteiger partial charge >= 0.3 is 6.03 Å². The van der Waals surface area contributed by atoms with Gasteiger partial charge in [0.1, 0.15) is 0 Å². The summed E-state index contributed by atoms with van der Waals surface area (Å²) in [6.07, 6.45) is 0.720. The Morgan fingerprint density at radius 3 is 2.44 bits per heavy atom. The molecule has 3 rings (SSSR count). The molecule has 0 saturated carbocycles. The van der Waals surface area contributed by atoms with Gasteiger partial charge in [-0.3, -0.25) is 9.74 Å². The number of fused-ring (bicyclic) bond motifs is 1. The number of benzene rings is 2. The van der Waals surface area contributed by atoms with Crippen molar-refractivity contribution in [1.82, 2.24) is 9.96 Å². The third-order valence-electron chi connectivity index (χ3n) is 4.55. The van der Waals surface area contributed by atoms with Gasteiger partial charge in [0.2, 0.25) is 0 Å². The Balaban J connectivity index is 2.03. The molecule has 2 aromatic carbocycles. The third kappa shape index (κ3) is 3.67. The predicted octanol–water partition coefficient (Wildman–Crippen LogP) is 3.34. The number of hydrogen-bond acceptors (Lipinski definition) is 3. The highest BCUT2D eigenvalue weighted by Gasteiger charge is 2.35. The minimum atomic E-state index is -0.149. The smallest absolute Gasteiger partial charge is 0.308 e. The molecule has 0 fully saturated rings. The molecule has 0 aromatic heterocycles. The number of carbonyl (C=O) groups excluding carboxylic acids is 1. The van der Waals surface area contributed by atoms with Crippen molar-refractivity contribution in [2.45, 2.75) is 12.5 Å². The van der Waals surface area contributed by atoms with E-state index in [1.807, 2.05) is 67.5 Å². The Morgan fingerprint density at radius 1 is 1.08 bits per heavy atom. The molecule has 0 saturated heterocycles. The molecule has 1 aliphatic heterocycles. The number of nitrogens with zero attached hydrogens (tertiary/aromatic N) is 3. The summed E-state index contributed by atoms with van der Waals surface area (Å²) in [5.74, 6) is 0. The Morgan fingerprint density at radius 2 is 1.76 bits per heavy atom. The van der Waals surface area contributed by atoms with Gasteiger partial charge in [0.05, 0.1) is 13.2 Å². The second kappa shape index (κ2) is 7.68. The summed E-state index contributed by atoms with van der Waals surface area (Å²) in [4.78, 5) is 22.7. The maximum atomic E-state index is 13.2. The van der Waals surface area contributed by atoms with Gasteiger partial charge in [-0.05, 0) is 31.3 Å². The van der Waals surface area contributed by atoms with E-state index in [2.05, 4.69) is 11.0 Å². The number of anilines is 1. The first kappa shape index (κ1) is 17.5. The average Bonchev–Trinajstić information content (AvgIpc) is 2.74. The number of likely N-dealkylation sites (N-methyl/N-ethyl adjacent to an activating group) is 1. The van der Waals surface area contributed by atoms with Crippen molar-refractivity contribution in [3.8, 4) is 0 Å². The lowest BCUT2D eigenvalue weighted by atomic mass is 9.98. The van der Waals surface area contributed by atoms with Crippen LogP contribution in [-0.2, 0) is 11.3 Å². The van der Waals surface area contributed by atoms with Crippen molar-refractivity contribution >= 4 is 11.7 Å². The standard InChI is InChI=1S/C20H25N3O2/c1-21(2)13-14-22-18-12-8-7-11-17(18)15-19(23(25-3)20(22)24)16-9-5-4-6-10-16/h4-12,19H,13-15H2,1-3H3. The van der Waals surface area contributed by atoms with Crippen LogP contribution in [0.4, 0.5) is 10.5 Å². The first-order chi connectivity index (χ1) is 12.1. The number of hydrogen-bond donors (Lipinski definition) is 0.